The molecule has 0 spiro atoms. The van der Waals surface area contributed by atoms with E-state index in [9.17, 15) is 14.4 Å². The van der Waals surface area contributed by atoms with Gasteiger partial charge in [-0.05, 0) is 55.1 Å². The minimum Gasteiger partial charge on any atom is -0.481 e. The van der Waals surface area contributed by atoms with E-state index < -0.39 is 18.2 Å². The molecule has 3 heterocycles. The van der Waals surface area contributed by atoms with E-state index in [1.54, 1.807) is 12.1 Å². The van der Waals surface area contributed by atoms with Crippen molar-refractivity contribution in [2.24, 2.45) is 17.8 Å². The number of rotatable bonds is 11. The molecule has 2 amide bonds. The average Bonchev–Trinajstić information content (AvgIpc) is 3.29. The van der Waals surface area contributed by atoms with Crippen molar-refractivity contribution in [2.45, 2.75) is 32.4 Å². The molecule has 11 heteroatoms. The Balaban J connectivity index is 1.10. The van der Waals surface area contributed by atoms with E-state index in [2.05, 4.69) is 15.1 Å². The van der Waals surface area contributed by atoms with E-state index in [4.69, 9.17) is 14.3 Å². The minimum atomic E-state index is -0.838. The van der Waals surface area contributed by atoms with Crippen LogP contribution < -0.4 is 15.1 Å². The minimum absolute atomic E-state index is 0.0548. The van der Waals surface area contributed by atoms with Crippen molar-refractivity contribution >= 4 is 29.3 Å². The number of carboxylic acids is 1. The summed E-state index contributed by atoms with van der Waals surface area (Å²) in [4.78, 5) is 39.8. The van der Waals surface area contributed by atoms with E-state index in [-0.39, 0.29) is 31.2 Å². The van der Waals surface area contributed by atoms with Crippen LogP contribution in [0.25, 0.3) is 0 Å². The topological polar surface area (TPSA) is 116 Å². The van der Waals surface area contributed by atoms with E-state index in [1.807, 2.05) is 19.2 Å². The number of carbonyl (C=O) groups is 3. The summed E-state index contributed by atoms with van der Waals surface area (Å²) in [6.07, 6.45) is -0.575. The Kier molecular flexibility index (Phi) is 7.29. The Morgan fingerprint density at radius 2 is 1.89 bits per heavy atom. The third-order valence-corrected chi connectivity index (χ3v) is 7.66. The first kappa shape index (κ1) is 26.0. The molecule has 2 saturated heterocycles. The molecule has 2 unspecified atom stereocenters. The van der Waals surface area contributed by atoms with E-state index >= 15 is 4.39 Å². The number of carbonyl (C=O) groups excluding carboxylic acids is 2. The van der Waals surface area contributed by atoms with Crippen molar-refractivity contribution in [1.29, 1.82) is 0 Å². The normalized spacial score (nSPS) is 24.1. The summed E-state index contributed by atoms with van der Waals surface area (Å²) in [7, 11) is 2.05. The van der Waals surface area contributed by atoms with Crippen molar-refractivity contribution in [2.75, 3.05) is 49.6 Å². The second kappa shape index (κ2) is 10.6. The number of fused-ring (bicyclic) bond motifs is 1. The van der Waals surface area contributed by atoms with Gasteiger partial charge in [-0.2, -0.15) is 0 Å². The SMILES string of the molecule is CC(=O)NC[C@H]1CN(c2ccc(N3CC4C(CN(C)Cc5ccc(CCC(=O)O)o5)C4C3)c(F)c2)C(=O)O1. The predicted octanol–water partition coefficient (Wildman–Crippen LogP) is 2.71. The Hall–Kier alpha value is -3.60. The number of halogens is 1. The zero-order valence-corrected chi connectivity index (χ0v) is 21.6. The van der Waals surface area contributed by atoms with Crippen LogP contribution in [0.15, 0.2) is 34.7 Å². The van der Waals surface area contributed by atoms with Crippen LogP contribution in [0.4, 0.5) is 20.6 Å². The summed E-state index contributed by atoms with van der Waals surface area (Å²) in [6, 6.07) is 8.58. The first-order chi connectivity index (χ1) is 18.2. The van der Waals surface area contributed by atoms with Gasteiger partial charge in [0.05, 0.1) is 37.4 Å². The van der Waals surface area contributed by atoms with Gasteiger partial charge in [0.1, 0.15) is 23.4 Å². The van der Waals surface area contributed by atoms with Crippen molar-refractivity contribution < 1.29 is 33.0 Å². The Morgan fingerprint density at radius 1 is 1.16 bits per heavy atom. The number of piperidine rings is 1. The van der Waals surface area contributed by atoms with Crippen LogP contribution in [0, 0.1) is 23.6 Å². The maximum absolute atomic E-state index is 15.1. The standard InChI is InChI=1S/C27H33FN4O6/c1-16(33)29-10-20-12-32(27(36)38-20)17-3-7-25(24(28)9-17)31-14-22-21(23(22)15-31)13-30(2)11-19-5-4-18(37-19)6-8-26(34)35/h3-5,7,9,20-23H,6,8,10-15H2,1-2H3,(H,29,33)(H,34,35)/t20-,21?,22?,23?/m0/s1. The monoisotopic (exact) mass is 528 g/mol. The first-order valence-electron chi connectivity index (χ1n) is 12.9. The molecule has 0 bridgehead atoms. The van der Waals surface area contributed by atoms with Crippen LogP contribution in [-0.2, 0) is 27.3 Å². The average molecular weight is 529 g/mol. The molecule has 2 aromatic rings. The maximum Gasteiger partial charge on any atom is 0.414 e. The van der Waals surface area contributed by atoms with Gasteiger partial charge in [0, 0.05) is 33.0 Å². The summed E-state index contributed by atoms with van der Waals surface area (Å²) in [5.41, 5.74) is 0.981. The van der Waals surface area contributed by atoms with Crippen molar-refractivity contribution in [3.63, 3.8) is 0 Å². The largest absolute Gasteiger partial charge is 0.481 e. The second-order valence-electron chi connectivity index (χ2n) is 10.5. The summed E-state index contributed by atoms with van der Waals surface area (Å²) in [5, 5.41) is 11.5. The van der Waals surface area contributed by atoms with Crippen LogP contribution in [0.1, 0.15) is 24.9 Å². The van der Waals surface area contributed by atoms with Gasteiger partial charge in [-0.3, -0.25) is 19.4 Å². The highest BCUT2D eigenvalue weighted by Gasteiger charge is 2.55. The molecular formula is C27H33FN4O6. The van der Waals surface area contributed by atoms with Crippen LogP contribution >= 0.6 is 0 Å². The van der Waals surface area contributed by atoms with Crippen LogP contribution in [0.3, 0.4) is 0 Å². The molecule has 2 aliphatic heterocycles. The zero-order valence-electron chi connectivity index (χ0n) is 21.6. The molecule has 204 valence electrons. The summed E-state index contributed by atoms with van der Waals surface area (Å²) < 4.78 is 26.1. The highest BCUT2D eigenvalue weighted by Crippen LogP contribution is 2.53. The van der Waals surface area contributed by atoms with Gasteiger partial charge < -0.3 is 24.5 Å². The summed E-state index contributed by atoms with van der Waals surface area (Å²) >= 11 is 0. The molecule has 3 atom stereocenters. The van der Waals surface area contributed by atoms with Gasteiger partial charge in [0.2, 0.25) is 5.91 Å². The lowest BCUT2D eigenvalue weighted by atomic mass is 10.2. The molecule has 38 heavy (non-hydrogen) atoms. The fourth-order valence-corrected chi connectivity index (χ4v) is 5.70. The zero-order chi connectivity index (χ0) is 27.0. The third-order valence-electron chi connectivity index (χ3n) is 7.66. The Labute approximate surface area is 220 Å². The molecule has 10 nitrogen and oxygen atoms in total. The molecule has 0 radical (unpaired) electrons. The number of ether oxygens (including phenoxy) is 1. The van der Waals surface area contributed by atoms with Crippen molar-refractivity contribution in [3.05, 3.63) is 47.7 Å². The molecule has 2 N–H and O–H groups in total. The number of nitrogens with zero attached hydrogens (tertiary/aromatic N) is 3. The van der Waals surface area contributed by atoms with Crippen LogP contribution in [-0.4, -0.2) is 73.9 Å². The Morgan fingerprint density at radius 3 is 2.58 bits per heavy atom. The molecule has 3 fully saturated rings. The molecule has 1 aromatic carbocycles. The van der Waals surface area contributed by atoms with Gasteiger partial charge in [-0.15, -0.1) is 0 Å². The predicted molar refractivity (Wildman–Crippen MR) is 136 cm³/mol. The summed E-state index contributed by atoms with van der Waals surface area (Å²) in [5.74, 6) is 1.69. The lowest BCUT2D eigenvalue weighted by Gasteiger charge is -2.25. The second-order valence-corrected chi connectivity index (χ2v) is 10.5. The third kappa shape index (κ3) is 5.77. The number of nitrogens with one attached hydrogen (secondary N) is 1. The van der Waals surface area contributed by atoms with Crippen LogP contribution in [0.5, 0.6) is 0 Å². The van der Waals surface area contributed by atoms with Gasteiger partial charge in [-0.1, -0.05) is 0 Å². The highest BCUT2D eigenvalue weighted by atomic mass is 19.1. The van der Waals surface area contributed by atoms with Gasteiger partial charge in [0.25, 0.3) is 0 Å². The number of benzene rings is 1. The highest BCUT2D eigenvalue weighted by molar-refractivity contribution is 5.90. The number of hydrogen-bond acceptors (Lipinski definition) is 7. The molecule has 5 rings (SSSR count). The van der Waals surface area contributed by atoms with E-state index in [1.165, 1.54) is 17.9 Å². The molecule has 1 aromatic heterocycles. The summed E-state index contributed by atoms with van der Waals surface area (Å²) in [6.45, 7) is 5.05. The lowest BCUT2D eigenvalue weighted by Crippen LogP contribution is -2.33. The number of hydrogen-bond donors (Lipinski definition) is 2. The van der Waals surface area contributed by atoms with Crippen molar-refractivity contribution in [1.82, 2.24) is 10.2 Å². The van der Waals surface area contributed by atoms with E-state index in [0.29, 0.717) is 47.9 Å². The molecule has 3 aliphatic rings. The molecule has 1 aliphatic carbocycles. The number of furan rings is 1. The maximum atomic E-state index is 15.1. The molecule has 1 saturated carbocycles. The number of aliphatic carboxylic acids is 1. The fourth-order valence-electron chi connectivity index (χ4n) is 5.70. The van der Waals surface area contributed by atoms with E-state index in [0.717, 1.165) is 25.4 Å². The van der Waals surface area contributed by atoms with Crippen LogP contribution in [0.2, 0.25) is 0 Å². The number of aryl methyl sites for hydroxylation is 1. The molecular weight excluding hydrogens is 495 g/mol. The number of cyclic esters (lactones) is 1. The quantitative estimate of drug-likeness (QED) is 0.458. The van der Waals surface area contributed by atoms with Crippen molar-refractivity contribution in [3.8, 4) is 0 Å². The van der Waals surface area contributed by atoms with Gasteiger partial charge >= 0.3 is 12.1 Å². The van der Waals surface area contributed by atoms with Gasteiger partial charge in [0.15, 0.2) is 0 Å². The smallest absolute Gasteiger partial charge is 0.414 e. The van der Waals surface area contributed by atoms with Gasteiger partial charge in [-0.25, -0.2) is 9.18 Å². The number of anilines is 2. The fraction of sp³-hybridized carbons (Fsp3) is 0.519. The number of amides is 2. The lowest BCUT2D eigenvalue weighted by molar-refractivity contribution is -0.137. The Bertz CT molecular complexity index is 1210. The first-order valence-corrected chi connectivity index (χ1v) is 12.9. The number of carboxylic acid groups (broad SMARTS) is 1.